The summed E-state index contributed by atoms with van der Waals surface area (Å²) in [6, 6.07) is 0. The maximum atomic E-state index is 12.9. The van der Waals surface area contributed by atoms with E-state index in [1.807, 2.05) is 0 Å². The van der Waals surface area contributed by atoms with E-state index in [1.54, 1.807) is 0 Å². The minimum absolute atomic E-state index is 0.0257. The van der Waals surface area contributed by atoms with Crippen molar-refractivity contribution < 1.29 is 114 Å². The smallest absolute Gasteiger partial charge is 0.472 e. The van der Waals surface area contributed by atoms with Crippen LogP contribution in [0.3, 0.4) is 0 Å². The number of aromatic amines is 2. The number of ether oxygens (including phenoxy) is 2. The monoisotopic (exact) mass is 1000 g/mol. The zero-order valence-corrected chi connectivity index (χ0v) is 36.1. The minimum atomic E-state index is -6.02. The zero-order chi connectivity index (χ0) is 47.4. The molecule has 6 rings (SSSR count). The summed E-state index contributed by atoms with van der Waals surface area (Å²) in [5, 5.41) is 42.7. The maximum absolute atomic E-state index is 12.9. The molecule has 0 saturated carbocycles. The first-order chi connectivity index (χ1) is 29.5. The molecule has 38 heteroatoms. The summed E-state index contributed by atoms with van der Waals surface area (Å²) in [6.07, 6.45) is -16.3. The number of imidazole rings is 2. The second kappa shape index (κ2) is 18.6. The summed E-state index contributed by atoms with van der Waals surface area (Å²) < 4.78 is 92.7. The van der Waals surface area contributed by atoms with Crippen LogP contribution >= 0.6 is 31.3 Å². The van der Waals surface area contributed by atoms with Crippen LogP contribution in [0.15, 0.2) is 22.2 Å². The Labute approximate surface area is 354 Å². The number of phosphoric ester groups is 4. The average molecular weight is 1000 g/mol. The largest absolute Gasteiger partial charge is 0.756 e. The van der Waals surface area contributed by atoms with Crippen LogP contribution in [0.5, 0.6) is 0 Å². The Bertz CT molecular complexity index is 2500. The topological polar surface area (TPSA) is 511 Å². The first kappa shape index (κ1) is 49.9. The van der Waals surface area contributed by atoms with E-state index in [-0.39, 0.29) is 34.2 Å². The minimum Gasteiger partial charge on any atom is -0.756 e. The summed E-state index contributed by atoms with van der Waals surface area (Å²) >= 11 is 0. The van der Waals surface area contributed by atoms with Gasteiger partial charge in [-0.05, 0) is 0 Å². The molecular weight excluding hydrogens is 960 g/mol. The number of aliphatic hydroxyl groups excluding tert-OH is 4. The molecule has 358 valence electrons. The van der Waals surface area contributed by atoms with Gasteiger partial charge in [0.15, 0.2) is 12.7 Å². The van der Waals surface area contributed by atoms with Crippen molar-refractivity contribution in [1.29, 1.82) is 0 Å². The van der Waals surface area contributed by atoms with Crippen LogP contribution in [0.1, 0.15) is 12.5 Å². The Morgan fingerprint density at radius 3 is 1.36 bits per heavy atom. The maximum Gasteiger partial charge on any atom is 0.472 e. The number of aryl methyl sites for hydroxylation is 2. The van der Waals surface area contributed by atoms with Gasteiger partial charge >= 0.3 is 26.9 Å². The summed E-state index contributed by atoms with van der Waals surface area (Å²) in [5.74, 6) is -0.629. The molecule has 2 aliphatic rings. The fourth-order valence-electron chi connectivity index (χ4n) is 6.60. The molecule has 14 N–H and O–H groups in total. The van der Waals surface area contributed by atoms with Crippen LogP contribution in [0.4, 0.5) is 11.9 Å². The van der Waals surface area contributed by atoms with E-state index in [1.165, 1.54) is 35.9 Å². The molecule has 64 heavy (non-hydrogen) atoms. The third-order valence-corrected chi connectivity index (χ3v) is 12.3. The number of hydrogen-bond acceptors (Lipinski definition) is 24. The third-order valence-electron chi connectivity index (χ3n) is 9.36. The molecule has 6 heterocycles. The van der Waals surface area contributed by atoms with Crippen LogP contribution in [-0.4, -0.2) is 144 Å². The lowest BCUT2D eigenvalue weighted by molar-refractivity contribution is -0.746. The van der Waals surface area contributed by atoms with Crippen molar-refractivity contribution in [2.75, 3.05) is 37.9 Å². The highest BCUT2D eigenvalue weighted by Crippen LogP contribution is 2.48. The van der Waals surface area contributed by atoms with Crippen molar-refractivity contribution in [2.45, 2.75) is 61.3 Å². The molecule has 0 bridgehead atoms. The number of anilines is 2. The van der Waals surface area contributed by atoms with Gasteiger partial charge in [0.25, 0.3) is 38.7 Å². The Kier molecular flexibility index (Phi) is 14.5. The molecule has 34 nitrogen and oxygen atoms in total. The molecule has 0 amide bonds. The number of rotatable bonds is 19. The predicted octanol–water partition coefficient (Wildman–Crippen LogP) is -7.53. The van der Waals surface area contributed by atoms with Gasteiger partial charge in [-0.1, -0.05) is 9.97 Å². The van der Waals surface area contributed by atoms with Crippen molar-refractivity contribution >= 4 is 65.5 Å². The molecule has 4 aromatic heterocycles. The summed E-state index contributed by atoms with van der Waals surface area (Å²) in [7, 11) is -20.2. The van der Waals surface area contributed by atoms with Crippen molar-refractivity contribution in [3.63, 3.8) is 0 Å². The molecule has 0 aromatic carbocycles. The SMILES string of the molecule is Cn1c[n+]([C@@H]2O[C@H](COP(=O)(O)OC[C@H](OP(=O)([O-])O)[C@H](COP(=O)(O)OC[C@H]3O[C@@H]([n+]4cn(C)c5c(=O)[nH]c(N)nc54)[C@H](O)[C@@H]3O)OP(=O)([O-])O)[C@@H](O)[C@H]2O)c2nc(N)[nH]c(=O)c21. The highest BCUT2D eigenvalue weighted by molar-refractivity contribution is 7.47. The lowest BCUT2D eigenvalue weighted by Gasteiger charge is -2.33. The van der Waals surface area contributed by atoms with Crippen molar-refractivity contribution in [3.05, 3.63) is 33.4 Å². The predicted molar refractivity (Wildman–Crippen MR) is 197 cm³/mol. The third kappa shape index (κ3) is 11.4. The Morgan fingerprint density at radius 1 is 0.688 bits per heavy atom. The molecule has 4 aromatic rings. The van der Waals surface area contributed by atoms with E-state index in [4.69, 9.17) is 30.0 Å². The van der Waals surface area contributed by atoms with Crippen molar-refractivity contribution in [1.82, 2.24) is 29.1 Å². The van der Waals surface area contributed by atoms with Crippen LogP contribution in [0, 0.1) is 0 Å². The van der Waals surface area contributed by atoms with E-state index in [0.717, 1.165) is 9.13 Å². The molecule has 2 saturated heterocycles. The van der Waals surface area contributed by atoms with Crippen LogP contribution < -0.4 is 41.5 Å². The molecule has 0 radical (unpaired) electrons. The molecule has 0 spiro atoms. The fraction of sp³-hybridized carbons (Fsp3) is 0.615. The number of aromatic nitrogens is 8. The van der Waals surface area contributed by atoms with Gasteiger partial charge in [-0.2, -0.15) is 0 Å². The molecule has 2 aliphatic heterocycles. The Balaban J connectivity index is 1.09. The lowest BCUT2D eigenvalue weighted by Crippen LogP contribution is -2.46. The normalized spacial score (nSPS) is 28.8. The van der Waals surface area contributed by atoms with E-state index in [2.05, 4.69) is 38.0 Å². The number of aliphatic hydroxyl groups is 4. The highest BCUT2D eigenvalue weighted by Gasteiger charge is 2.50. The number of nitrogens with one attached hydrogen (secondary N) is 2. The zero-order valence-electron chi connectivity index (χ0n) is 32.5. The van der Waals surface area contributed by atoms with Gasteiger partial charge in [0.2, 0.25) is 23.5 Å². The fourth-order valence-corrected chi connectivity index (χ4v) is 9.17. The van der Waals surface area contributed by atoms with E-state index < -0.39 is 130 Å². The number of fused-ring (bicyclic) bond motifs is 2. The lowest BCUT2D eigenvalue weighted by atomic mass is 10.1. The van der Waals surface area contributed by atoms with Crippen LogP contribution in [-0.2, 0) is 69.0 Å². The van der Waals surface area contributed by atoms with Gasteiger partial charge in [-0.25, -0.2) is 18.3 Å². The Morgan fingerprint density at radius 2 is 1.03 bits per heavy atom. The van der Waals surface area contributed by atoms with Crippen LogP contribution in [0.25, 0.3) is 22.3 Å². The molecule has 0 aliphatic carbocycles. The first-order valence-electron chi connectivity index (χ1n) is 17.8. The quantitative estimate of drug-likeness (QED) is 0.0307. The van der Waals surface area contributed by atoms with Gasteiger partial charge < -0.3 is 79.8 Å². The second-order valence-corrected chi connectivity index (χ2v) is 19.2. The summed E-state index contributed by atoms with van der Waals surface area (Å²) in [5.41, 5.74) is 9.66. The van der Waals surface area contributed by atoms with E-state index >= 15 is 0 Å². The van der Waals surface area contributed by atoms with Gasteiger partial charge in [0.05, 0.1) is 40.5 Å². The molecule has 2 fully saturated rings. The first-order valence-corrected chi connectivity index (χ1v) is 23.8. The van der Waals surface area contributed by atoms with Crippen LogP contribution in [0.2, 0.25) is 0 Å². The van der Waals surface area contributed by atoms with Gasteiger partial charge in [-0.15, -0.1) is 0 Å². The highest BCUT2D eigenvalue weighted by atomic mass is 31.2. The number of phosphoric acid groups is 4. The average Bonchev–Trinajstić information content (AvgIpc) is 3.85. The number of nitrogens with zero attached hydrogens (tertiary/aromatic N) is 6. The molecule has 4 unspecified atom stereocenters. The Hall–Kier alpha value is -3.50. The van der Waals surface area contributed by atoms with E-state index in [0.29, 0.717) is 0 Å². The number of H-pyrrole nitrogens is 2. The summed E-state index contributed by atoms with van der Waals surface area (Å²) in [4.78, 5) is 100. The number of nitrogen functional groups attached to an aromatic ring is 2. The number of hydrogen-bond donors (Lipinski definition) is 12. The van der Waals surface area contributed by atoms with Crippen molar-refractivity contribution in [3.8, 4) is 0 Å². The molecule has 14 atom stereocenters. The second-order valence-electron chi connectivity index (χ2n) is 14.0. The summed E-state index contributed by atoms with van der Waals surface area (Å²) in [6.45, 7) is -5.40. The van der Waals surface area contributed by atoms with E-state index in [9.17, 15) is 77.6 Å². The van der Waals surface area contributed by atoms with Crippen molar-refractivity contribution in [2.24, 2.45) is 14.1 Å². The molecular formula is C26H40N10O24P4. The van der Waals surface area contributed by atoms with Gasteiger partial charge in [-0.3, -0.25) is 55.9 Å². The van der Waals surface area contributed by atoms with Gasteiger partial charge in [0, 0.05) is 0 Å². The van der Waals surface area contributed by atoms with Gasteiger partial charge in [0.1, 0.15) is 48.8 Å². The standard InChI is InChI=1S/C26H40N10O24P4/c1-33-7-35(19-13(33)21(41)31-25(27)29-19)23-17(39)15(37)11(57-23)5-55-63(49,50)53-3-9(59-61(43,44)45)10(60-62(46,47)48)4-54-64(51,52)56-6-12-16(38)18(40)24(58-12)36-8-34(2)14-20(36)30-26(28)32-22(14)42/h7-12,15-18,23-24,37-40H,3-6H2,1-2H3,(H10-2,27,28,29,30,31,32,41,42,43,44,45,46,47,48,49,50,51,52)/t9-,10-,11+,12+,15+,16+,17+,18+,23+,24+/m0/s1. The number of nitrogens with two attached hydrogens (primary N) is 2.